The van der Waals surface area contributed by atoms with Gasteiger partial charge in [0.15, 0.2) is 0 Å². The maximum Gasteiger partial charge on any atom is 0.239 e. The topological polar surface area (TPSA) is 46.3 Å². The molecule has 0 saturated heterocycles. The van der Waals surface area contributed by atoms with Crippen LogP contribution in [0.25, 0.3) is 0 Å². The number of halogens is 2. The van der Waals surface area contributed by atoms with Crippen LogP contribution >= 0.6 is 35.0 Å². The van der Waals surface area contributed by atoms with Crippen molar-refractivity contribution in [1.29, 1.82) is 0 Å². The van der Waals surface area contributed by atoms with Crippen LogP contribution in [-0.2, 0) is 17.8 Å². The van der Waals surface area contributed by atoms with Crippen molar-refractivity contribution in [3.05, 3.63) is 33.3 Å². The Morgan fingerprint density at radius 2 is 2.25 bits per heavy atom. The minimum atomic E-state index is -0.421. The molecule has 2 N–H and O–H groups in total. The Morgan fingerprint density at radius 3 is 2.95 bits per heavy atom. The van der Waals surface area contributed by atoms with E-state index >= 15 is 0 Å². The van der Waals surface area contributed by atoms with E-state index < -0.39 is 6.04 Å². The molecule has 1 atom stereocenters. The molecule has 0 saturated carbocycles. The normalized spacial score (nSPS) is 15.9. The summed E-state index contributed by atoms with van der Waals surface area (Å²) >= 11 is 13.9. The Morgan fingerprint density at radius 1 is 1.50 bits per heavy atom. The van der Waals surface area contributed by atoms with E-state index in [2.05, 4.69) is 0 Å². The number of carbonyl (C=O) groups excluding carboxylic acids is 1. The van der Waals surface area contributed by atoms with Crippen molar-refractivity contribution in [2.75, 3.05) is 18.6 Å². The number of amides is 1. The number of benzene rings is 1. The average Bonchev–Trinajstić information content (AvgIpc) is 2.43. The van der Waals surface area contributed by atoms with Crippen molar-refractivity contribution in [3.8, 4) is 0 Å². The predicted molar refractivity (Wildman–Crippen MR) is 86.6 cm³/mol. The zero-order valence-corrected chi connectivity index (χ0v) is 13.7. The summed E-state index contributed by atoms with van der Waals surface area (Å²) in [4.78, 5) is 14.1. The lowest BCUT2D eigenvalue weighted by Gasteiger charge is -2.31. The smallest absolute Gasteiger partial charge is 0.239 e. The number of nitrogens with zero attached hydrogens (tertiary/aromatic N) is 1. The Labute approximate surface area is 133 Å². The van der Waals surface area contributed by atoms with Gasteiger partial charge in [-0.05, 0) is 48.1 Å². The lowest BCUT2D eigenvalue weighted by molar-refractivity contribution is -0.133. The lowest BCUT2D eigenvalue weighted by Crippen LogP contribution is -2.46. The summed E-state index contributed by atoms with van der Waals surface area (Å²) in [7, 11) is 0. The van der Waals surface area contributed by atoms with Crippen molar-refractivity contribution in [1.82, 2.24) is 4.90 Å². The molecule has 1 aliphatic heterocycles. The van der Waals surface area contributed by atoms with Gasteiger partial charge < -0.3 is 10.6 Å². The van der Waals surface area contributed by atoms with Gasteiger partial charge in [-0.15, -0.1) is 0 Å². The zero-order valence-electron chi connectivity index (χ0n) is 11.4. The fraction of sp³-hybridized carbons (Fsp3) is 0.500. The third kappa shape index (κ3) is 3.61. The molecule has 1 aromatic rings. The standard InChI is InChI=1S/C14H18Cl2N2OS/c1-20-5-3-13(17)14(19)18-4-2-9-6-10(15)7-12(16)11(9)8-18/h6-7,13H,2-5,8,17H2,1H3/t13-/m0/s1. The van der Waals surface area contributed by atoms with Crippen molar-refractivity contribution in [3.63, 3.8) is 0 Å². The zero-order chi connectivity index (χ0) is 14.7. The Bertz CT molecular complexity index is 510. The quantitative estimate of drug-likeness (QED) is 0.921. The second-order valence-corrected chi connectivity index (χ2v) is 6.75. The molecule has 6 heteroatoms. The van der Waals surface area contributed by atoms with E-state index in [1.54, 1.807) is 22.7 Å². The van der Waals surface area contributed by atoms with E-state index in [9.17, 15) is 4.79 Å². The summed E-state index contributed by atoms with van der Waals surface area (Å²) < 4.78 is 0. The van der Waals surface area contributed by atoms with Crippen molar-refractivity contribution in [2.24, 2.45) is 5.73 Å². The summed E-state index contributed by atoms with van der Waals surface area (Å²) in [5.41, 5.74) is 8.08. The van der Waals surface area contributed by atoms with Gasteiger partial charge in [-0.2, -0.15) is 11.8 Å². The highest BCUT2D eigenvalue weighted by Crippen LogP contribution is 2.30. The first-order valence-electron chi connectivity index (χ1n) is 6.53. The maximum absolute atomic E-state index is 12.3. The van der Waals surface area contributed by atoms with E-state index in [-0.39, 0.29) is 5.91 Å². The highest BCUT2D eigenvalue weighted by atomic mass is 35.5. The molecule has 0 aliphatic carbocycles. The van der Waals surface area contributed by atoms with Crippen LogP contribution in [0.2, 0.25) is 10.0 Å². The Kier molecular flexibility index (Phi) is 5.61. The number of hydrogen-bond donors (Lipinski definition) is 1. The van der Waals surface area contributed by atoms with Crippen LogP contribution in [0.15, 0.2) is 12.1 Å². The summed E-state index contributed by atoms with van der Waals surface area (Å²) in [6.45, 7) is 1.20. The minimum absolute atomic E-state index is 0.00992. The molecule has 1 amide bonds. The fourth-order valence-electron chi connectivity index (χ4n) is 2.37. The monoisotopic (exact) mass is 332 g/mol. The van der Waals surface area contributed by atoms with Gasteiger partial charge in [0.2, 0.25) is 5.91 Å². The molecule has 2 rings (SSSR count). The highest BCUT2D eigenvalue weighted by molar-refractivity contribution is 7.98. The van der Waals surface area contributed by atoms with Crippen molar-refractivity contribution in [2.45, 2.75) is 25.4 Å². The van der Waals surface area contributed by atoms with Crippen molar-refractivity contribution >= 4 is 40.9 Å². The van der Waals surface area contributed by atoms with E-state index in [0.717, 1.165) is 23.3 Å². The van der Waals surface area contributed by atoms with Crippen LogP contribution in [0.5, 0.6) is 0 Å². The number of rotatable bonds is 4. The van der Waals surface area contributed by atoms with E-state index in [1.165, 1.54) is 0 Å². The first-order valence-corrected chi connectivity index (χ1v) is 8.68. The van der Waals surface area contributed by atoms with Gasteiger partial charge in [-0.3, -0.25) is 4.79 Å². The number of fused-ring (bicyclic) bond motifs is 1. The highest BCUT2D eigenvalue weighted by Gasteiger charge is 2.26. The molecule has 110 valence electrons. The molecular formula is C14H18Cl2N2OS. The van der Waals surface area contributed by atoms with Gasteiger partial charge in [-0.1, -0.05) is 23.2 Å². The maximum atomic E-state index is 12.3. The molecule has 20 heavy (non-hydrogen) atoms. The first kappa shape index (κ1) is 16.0. The third-order valence-corrected chi connectivity index (χ3v) is 4.71. The van der Waals surface area contributed by atoms with Crippen LogP contribution in [0.4, 0.5) is 0 Å². The average molecular weight is 333 g/mol. The van der Waals surface area contributed by atoms with Crippen LogP contribution in [0, 0.1) is 0 Å². The van der Waals surface area contributed by atoms with Gasteiger partial charge in [0.25, 0.3) is 0 Å². The molecule has 1 aliphatic rings. The lowest BCUT2D eigenvalue weighted by atomic mass is 9.99. The van der Waals surface area contributed by atoms with Crippen molar-refractivity contribution < 1.29 is 4.79 Å². The van der Waals surface area contributed by atoms with Crippen LogP contribution in [0.1, 0.15) is 17.5 Å². The largest absolute Gasteiger partial charge is 0.337 e. The van der Waals surface area contributed by atoms with E-state index in [4.69, 9.17) is 28.9 Å². The van der Waals surface area contributed by atoms with Crippen LogP contribution in [-0.4, -0.2) is 35.4 Å². The van der Waals surface area contributed by atoms with Gasteiger partial charge in [-0.25, -0.2) is 0 Å². The molecule has 1 heterocycles. The Balaban J connectivity index is 2.09. The predicted octanol–water partition coefficient (Wildman–Crippen LogP) is 2.96. The molecule has 0 fully saturated rings. The number of thioether (sulfide) groups is 1. The fourth-order valence-corrected chi connectivity index (χ4v) is 3.46. The van der Waals surface area contributed by atoms with Crippen LogP contribution in [0.3, 0.4) is 0 Å². The van der Waals surface area contributed by atoms with E-state index in [1.807, 2.05) is 12.3 Å². The number of nitrogens with two attached hydrogens (primary N) is 1. The Hall–Kier alpha value is -0.420. The summed E-state index contributed by atoms with van der Waals surface area (Å²) in [5.74, 6) is 0.906. The van der Waals surface area contributed by atoms with Gasteiger partial charge in [0, 0.05) is 23.1 Å². The van der Waals surface area contributed by atoms with Gasteiger partial charge in [0.05, 0.1) is 6.04 Å². The molecule has 3 nitrogen and oxygen atoms in total. The molecule has 0 spiro atoms. The van der Waals surface area contributed by atoms with E-state index in [0.29, 0.717) is 29.6 Å². The summed E-state index contributed by atoms with van der Waals surface area (Å²) in [5, 5.41) is 1.27. The second kappa shape index (κ2) is 7.03. The number of carbonyl (C=O) groups is 1. The molecule has 0 radical (unpaired) electrons. The molecular weight excluding hydrogens is 315 g/mol. The first-order chi connectivity index (χ1) is 9.52. The third-order valence-electron chi connectivity index (χ3n) is 3.51. The molecule has 0 aromatic heterocycles. The van der Waals surface area contributed by atoms with Gasteiger partial charge >= 0.3 is 0 Å². The summed E-state index contributed by atoms with van der Waals surface area (Å²) in [6, 6.07) is 3.23. The summed E-state index contributed by atoms with van der Waals surface area (Å²) in [6.07, 6.45) is 3.49. The number of hydrogen-bond acceptors (Lipinski definition) is 3. The molecule has 1 aromatic carbocycles. The second-order valence-electron chi connectivity index (χ2n) is 4.92. The molecule has 0 bridgehead atoms. The van der Waals surface area contributed by atoms with Gasteiger partial charge in [0.1, 0.15) is 0 Å². The van der Waals surface area contributed by atoms with Crippen LogP contribution < -0.4 is 5.73 Å². The SMILES string of the molecule is CSCC[C@H](N)C(=O)N1CCc2cc(Cl)cc(Cl)c2C1. The minimum Gasteiger partial charge on any atom is -0.337 e. The molecule has 0 unspecified atom stereocenters.